The van der Waals surface area contributed by atoms with Crippen LogP contribution in [-0.2, 0) is 11.2 Å². The maximum Gasteiger partial charge on any atom is 0.262 e. The number of rotatable bonds is 6. The van der Waals surface area contributed by atoms with Gasteiger partial charge in [-0.1, -0.05) is 25.8 Å². The van der Waals surface area contributed by atoms with Gasteiger partial charge in [0.2, 0.25) is 0 Å². The van der Waals surface area contributed by atoms with E-state index in [9.17, 15) is 9.59 Å². The number of likely N-dealkylation sites (tertiary alicyclic amines) is 1. The molecule has 154 valence electrons. The Morgan fingerprint density at radius 2 is 1.72 bits per heavy atom. The van der Waals surface area contributed by atoms with Crippen molar-refractivity contribution in [3.05, 3.63) is 58.1 Å². The molecule has 29 heavy (non-hydrogen) atoms. The van der Waals surface area contributed by atoms with E-state index in [2.05, 4.69) is 28.2 Å². The van der Waals surface area contributed by atoms with Crippen LogP contribution in [0.2, 0.25) is 0 Å². The number of nitrogens with zero attached hydrogens (tertiary/aromatic N) is 1. The molecule has 0 unspecified atom stereocenters. The van der Waals surface area contributed by atoms with E-state index in [0.29, 0.717) is 17.0 Å². The number of benzene rings is 2. The first-order valence-electron chi connectivity index (χ1n) is 10.2. The summed E-state index contributed by atoms with van der Waals surface area (Å²) >= 11 is 3.47. The van der Waals surface area contributed by atoms with Crippen molar-refractivity contribution in [3.8, 4) is 5.75 Å². The van der Waals surface area contributed by atoms with Crippen LogP contribution < -0.4 is 10.1 Å². The lowest BCUT2D eigenvalue weighted by atomic mass is 10.1. The molecule has 1 heterocycles. The van der Waals surface area contributed by atoms with Crippen molar-refractivity contribution in [1.82, 2.24) is 4.90 Å². The molecule has 5 nitrogen and oxygen atoms in total. The molecule has 0 aliphatic carbocycles. The van der Waals surface area contributed by atoms with Gasteiger partial charge in [0.1, 0.15) is 5.75 Å². The van der Waals surface area contributed by atoms with Crippen LogP contribution in [0.1, 0.15) is 48.5 Å². The fourth-order valence-electron chi connectivity index (χ4n) is 3.37. The van der Waals surface area contributed by atoms with Crippen LogP contribution in [0.5, 0.6) is 5.75 Å². The number of ether oxygens (including phenoxy) is 1. The molecular formula is C23H27BrN2O3. The highest BCUT2D eigenvalue weighted by atomic mass is 79.9. The summed E-state index contributed by atoms with van der Waals surface area (Å²) in [5.41, 5.74) is 2.50. The van der Waals surface area contributed by atoms with Crippen molar-refractivity contribution in [2.45, 2.75) is 39.0 Å². The van der Waals surface area contributed by atoms with Crippen molar-refractivity contribution >= 4 is 33.4 Å². The molecule has 6 heteroatoms. The minimum atomic E-state index is -0.247. The van der Waals surface area contributed by atoms with E-state index >= 15 is 0 Å². The smallest absolute Gasteiger partial charge is 0.262 e. The summed E-state index contributed by atoms with van der Waals surface area (Å²) in [6.45, 7) is 3.65. The van der Waals surface area contributed by atoms with Gasteiger partial charge in [-0.15, -0.1) is 0 Å². The molecule has 1 fully saturated rings. The van der Waals surface area contributed by atoms with E-state index in [4.69, 9.17) is 4.74 Å². The van der Waals surface area contributed by atoms with E-state index in [1.807, 2.05) is 23.1 Å². The van der Waals surface area contributed by atoms with E-state index in [-0.39, 0.29) is 18.4 Å². The first-order valence-corrected chi connectivity index (χ1v) is 11.0. The molecular weight excluding hydrogens is 432 g/mol. The van der Waals surface area contributed by atoms with Crippen LogP contribution in [0.15, 0.2) is 46.9 Å². The van der Waals surface area contributed by atoms with Gasteiger partial charge >= 0.3 is 0 Å². The number of carbonyl (C=O) groups excluding carboxylic acids is 2. The average molecular weight is 459 g/mol. The third kappa shape index (κ3) is 6.07. The standard InChI is InChI=1S/C23H27BrN2O3/c1-2-17-7-12-21(20(24)15-17)29-16-22(27)25-19-10-8-18(9-11-19)23(28)26-13-5-3-4-6-14-26/h7-12,15H,2-6,13-14,16H2,1H3,(H,25,27). The Labute approximate surface area is 180 Å². The van der Waals surface area contributed by atoms with Crippen LogP contribution >= 0.6 is 15.9 Å². The highest BCUT2D eigenvalue weighted by Gasteiger charge is 2.17. The van der Waals surface area contributed by atoms with Crippen LogP contribution in [0.3, 0.4) is 0 Å². The summed E-state index contributed by atoms with van der Waals surface area (Å²) in [6.07, 6.45) is 5.45. The number of hydrogen-bond acceptors (Lipinski definition) is 3. The lowest BCUT2D eigenvalue weighted by molar-refractivity contribution is -0.118. The van der Waals surface area contributed by atoms with Crippen molar-refractivity contribution in [1.29, 1.82) is 0 Å². The second-order valence-electron chi connectivity index (χ2n) is 7.24. The molecule has 0 spiro atoms. The maximum atomic E-state index is 12.6. The Morgan fingerprint density at radius 1 is 1.03 bits per heavy atom. The van der Waals surface area contributed by atoms with Crippen LogP contribution in [0.25, 0.3) is 0 Å². The molecule has 1 aliphatic rings. The first-order chi connectivity index (χ1) is 14.1. The van der Waals surface area contributed by atoms with Gasteiger partial charge in [-0.25, -0.2) is 0 Å². The lowest BCUT2D eigenvalue weighted by Gasteiger charge is -2.20. The summed E-state index contributed by atoms with van der Waals surface area (Å²) in [5, 5.41) is 2.81. The van der Waals surface area contributed by atoms with Crippen LogP contribution in [0.4, 0.5) is 5.69 Å². The topological polar surface area (TPSA) is 58.6 Å². The second-order valence-corrected chi connectivity index (χ2v) is 8.09. The zero-order chi connectivity index (χ0) is 20.6. The number of anilines is 1. The summed E-state index contributed by atoms with van der Waals surface area (Å²) in [4.78, 5) is 26.8. The quantitative estimate of drug-likeness (QED) is 0.658. The Morgan fingerprint density at radius 3 is 2.34 bits per heavy atom. The van der Waals surface area contributed by atoms with Gasteiger partial charge in [-0.05, 0) is 77.2 Å². The van der Waals surface area contributed by atoms with Gasteiger partial charge in [-0.3, -0.25) is 9.59 Å². The van der Waals surface area contributed by atoms with E-state index in [0.717, 1.165) is 36.8 Å². The van der Waals surface area contributed by atoms with Gasteiger partial charge in [-0.2, -0.15) is 0 Å². The highest BCUT2D eigenvalue weighted by Crippen LogP contribution is 2.26. The van der Waals surface area contributed by atoms with Gasteiger partial charge in [0.05, 0.1) is 4.47 Å². The highest BCUT2D eigenvalue weighted by molar-refractivity contribution is 9.10. The maximum absolute atomic E-state index is 12.6. The average Bonchev–Trinajstić information content (AvgIpc) is 3.02. The zero-order valence-corrected chi connectivity index (χ0v) is 18.3. The summed E-state index contributed by atoms with van der Waals surface area (Å²) in [6, 6.07) is 12.9. The van der Waals surface area contributed by atoms with Gasteiger partial charge in [0.15, 0.2) is 6.61 Å². The molecule has 2 aromatic rings. The Hall–Kier alpha value is -2.34. The third-order valence-electron chi connectivity index (χ3n) is 5.07. The molecule has 1 saturated heterocycles. The number of nitrogens with one attached hydrogen (secondary N) is 1. The predicted molar refractivity (Wildman–Crippen MR) is 118 cm³/mol. The van der Waals surface area contributed by atoms with Crippen LogP contribution in [0, 0.1) is 0 Å². The Kier molecular flexibility index (Phi) is 7.69. The molecule has 0 saturated carbocycles. The first kappa shape index (κ1) is 21.4. The second kappa shape index (κ2) is 10.4. The number of hydrogen-bond donors (Lipinski definition) is 1. The van der Waals surface area contributed by atoms with Gasteiger partial charge in [0, 0.05) is 24.3 Å². The molecule has 2 aromatic carbocycles. The van der Waals surface area contributed by atoms with Crippen molar-refractivity contribution in [2.75, 3.05) is 25.0 Å². The summed E-state index contributed by atoms with van der Waals surface area (Å²) in [7, 11) is 0. The zero-order valence-electron chi connectivity index (χ0n) is 16.7. The molecule has 2 amide bonds. The molecule has 3 rings (SSSR count). The normalized spacial score (nSPS) is 14.2. The van der Waals surface area contributed by atoms with Crippen molar-refractivity contribution < 1.29 is 14.3 Å². The molecule has 1 N–H and O–H groups in total. The number of carbonyl (C=O) groups is 2. The van der Waals surface area contributed by atoms with E-state index in [1.54, 1.807) is 24.3 Å². The minimum Gasteiger partial charge on any atom is -0.483 e. The lowest BCUT2D eigenvalue weighted by Crippen LogP contribution is -2.31. The largest absolute Gasteiger partial charge is 0.483 e. The number of halogens is 1. The van der Waals surface area contributed by atoms with Crippen LogP contribution in [-0.4, -0.2) is 36.4 Å². The summed E-state index contributed by atoms with van der Waals surface area (Å²) < 4.78 is 6.44. The van der Waals surface area contributed by atoms with Crippen molar-refractivity contribution in [2.24, 2.45) is 0 Å². The summed E-state index contributed by atoms with van der Waals surface area (Å²) in [5.74, 6) is 0.451. The molecule has 0 radical (unpaired) electrons. The van der Waals surface area contributed by atoms with Gasteiger partial charge < -0.3 is 15.0 Å². The Bertz CT molecular complexity index is 844. The number of aryl methyl sites for hydroxylation is 1. The monoisotopic (exact) mass is 458 g/mol. The van der Waals surface area contributed by atoms with E-state index < -0.39 is 0 Å². The Balaban J connectivity index is 1.52. The van der Waals surface area contributed by atoms with Crippen molar-refractivity contribution in [3.63, 3.8) is 0 Å². The van der Waals surface area contributed by atoms with Gasteiger partial charge in [0.25, 0.3) is 11.8 Å². The minimum absolute atomic E-state index is 0.0634. The molecule has 0 atom stereocenters. The SMILES string of the molecule is CCc1ccc(OCC(=O)Nc2ccc(C(=O)N3CCCCCC3)cc2)c(Br)c1. The third-order valence-corrected chi connectivity index (χ3v) is 5.69. The molecule has 0 bridgehead atoms. The fourth-order valence-corrected chi connectivity index (χ4v) is 3.91. The number of amides is 2. The fraction of sp³-hybridized carbons (Fsp3) is 0.391. The molecule has 0 aromatic heterocycles. The van der Waals surface area contributed by atoms with E-state index in [1.165, 1.54) is 18.4 Å². The molecule has 1 aliphatic heterocycles. The predicted octanol–water partition coefficient (Wildman–Crippen LogP) is 5.05.